The number of nitrogens with one attached hydrogen (secondary N) is 1. The van der Waals surface area contributed by atoms with Crippen LogP contribution in [0.4, 0.5) is 0 Å². The first-order chi connectivity index (χ1) is 10.6. The fourth-order valence-electron chi connectivity index (χ4n) is 2.70. The van der Waals surface area contributed by atoms with E-state index in [-0.39, 0.29) is 17.6 Å². The number of nitrogens with zero attached hydrogens (tertiary/aromatic N) is 5. The van der Waals surface area contributed by atoms with E-state index in [2.05, 4.69) is 39.2 Å². The van der Waals surface area contributed by atoms with Gasteiger partial charge in [-0.05, 0) is 18.8 Å². The maximum atomic E-state index is 12.3. The number of carbonyl (C=O) groups is 1. The van der Waals surface area contributed by atoms with Crippen LogP contribution in [0.2, 0.25) is 0 Å². The molecular weight excluding hydrogens is 284 g/mol. The zero-order valence-corrected chi connectivity index (χ0v) is 12.8. The number of rotatable bonds is 4. The van der Waals surface area contributed by atoms with Gasteiger partial charge in [0.2, 0.25) is 11.7 Å². The molecule has 0 aliphatic carbocycles. The lowest BCUT2D eigenvalue weighted by atomic mass is 9.98. The minimum absolute atomic E-state index is 0.0917. The van der Waals surface area contributed by atoms with E-state index in [9.17, 15) is 4.79 Å². The second-order valence-corrected chi connectivity index (χ2v) is 6.07. The summed E-state index contributed by atoms with van der Waals surface area (Å²) in [4.78, 5) is 22.5. The molecule has 1 aliphatic heterocycles. The first kappa shape index (κ1) is 14.7. The predicted octanol–water partition coefficient (Wildman–Crippen LogP) is 1.41. The van der Waals surface area contributed by atoms with E-state index in [1.54, 1.807) is 4.90 Å². The van der Waals surface area contributed by atoms with Crippen molar-refractivity contribution in [2.24, 2.45) is 5.92 Å². The van der Waals surface area contributed by atoms with Gasteiger partial charge in [0, 0.05) is 19.5 Å². The molecule has 1 saturated heterocycles. The van der Waals surface area contributed by atoms with Crippen molar-refractivity contribution >= 4 is 5.91 Å². The van der Waals surface area contributed by atoms with E-state index in [1.807, 2.05) is 0 Å². The maximum Gasteiger partial charge on any atom is 0.291 e. The summed E-state index contributed by atoms with van der Waals surface area (Å²) in [6.45, 7) is 5.52. The highest BCUT2D eigenvalue weighted by Gasteiger charge is 2.30. The molecule has 0 unspecified atom stereocenters. The lowest BCUT2D eigenvalue weighted by Crippen LogP contribution is -2.39. The van der Waals surface area contributed by atoms with E-state index < -0.39 is 0 Å². The Morgan fingerprint density at radius 3 is 3.14 bits per heavy atom. The quantitative estimate of drug-likeness (QED) is 0.916. The van der Waals surface area contributed by atoms with Crippen LogP contribution in [0.15, 0.2) is 10.9 Å². The number of aromatic nitrogens is 5. The molecule has 0 aromatic carbocycles. The molecule has 22 heavy (non-hydrogen) atoms. The third kappa shape index (κ3) is 3.15. The molecule has 8 nitrogen and oxygen atoms in total. The van der Waals surface area contributed by atoms with E-state index in [0.29, 0.717) is 24.9 Å². The van der Waals surface area contributed by atoms with Gasteiger partial charge in [-0.2, -0.15) is 10.1 Å². The predicted molar refractivity (Wildman–Crippen MR) is 77.1 cm³/mol. The van der Waals surface area contributed by atoms with Gasteiger partial charge in [-0.3, -0.25) is 9.89 Å². The lowest BCUT2D eigenvalue weighted by molar-refractivity contribution is 0.0683. The molecule has 118 valence electrons. The van der Waals surface area contributed by atoms with Crippen molar-refractivity contribution in [3.63, 3.8) is 0 Å². The number of carbonyl (C=O) groups excluding carboxylic acids is 1. The summed E-state index contributed by atoms with van der Waals surface area (Å²) >= 11 is 0. The molecule has 3 rings (SSSR count). The van der Waals surface area contributed by atoms with Gasteiger partial charge in [-0.25, -0.2) is 4.98 Å². The van der Waals surface area contributed by atoms with Gasteiger partial charge < -0.3 is 9.42 Å². The molecule has 2 aromatic rings. The topological polar surface area (TPSA) is 101 Å². The minimum atomic E-state index is -0.135. The highest BCUT2D eigenvalue weighted by molar-refractivity contribution is 5.90. The second kappa shape index (κ2) is 6.25. The lowest BCUT2D eigenvalue weighted by Gasteiger charge is -2.30. The Kier molecular flexibility index (Phi) is 4.17. The Bertz CT molecular complexity index is 621. The Hall–Kier alpha value is -2.25. The fraction of sp³-hybridized carbons (Fsp3) is 0.643. The molecule has 0 bridgehead atoms. The summed E-state index contributed by atoms with van der Waals surface area (Å²) in [6, 6.07) is 0. The largest absolute Gasteiger partial charge is 0.339 e. The van der Waals surface area contributed by atoms with E-state index in [0.717, 1.165) is 25.1 Å². The first-order valence-corrected chi connectivity index (χ1v) is 7.60. The van der Waals surface area contributed by atoms with Gasteiger partial charge >= 0.3 is 0 Å². The Morgan fingerprint density at radius 1 is 1.55 bits per heavy atom. The third-order valence-corrected chi connectivity index (χ3v) is 3.75. The maximum absolute atomic E-state index is 12.3. The Labute approximate surface area is 128 Å². The number of hydrogen-bond acceptors (Lipinski definition) is 6. The highest BCUT2D eigenvalue weighted by atomic mass is 16.5. The molecule has 1 N–H and O–H groups in total. The van der Waals surface area contributed by atoms with Crippen LogP contribution >= 0.6 is 0 Å². The Morgan fingerprint density at radius 2 is 2.41 bits per heavy atom. The number of likely N-dealkylation sites (tertiary alicyclic amines) is 1. The van der Waals surface area contributed by atoms with Gasteiger partial charge in [0.25, 0.3) is 5.91 Å². The molecular formula is C14H20N6O2. The van der Waals surface area contributed by atoms with Crippen LogP contribution in [0, 0.1) is 5.92 Å². The van der Waals surface area contributed by atoms with Crippen molar-refractivity contribution in [2.75, 3.05) is 13.1 Å². The summed E-state index contributed by atoms with van der Waals surface area (Å²) < 4.78 is 5.39. The van der Waals surface area contributed by atoms with Crippen LogP contribution in [-0.4, -0.2) is 49.2 Å². The van der Waals surface area contributed by atoms with Gasteiger partial charge in [-0.15, -0.1) is 0 Å². The molecule has 2 aromatic heterocycles. The number of piperidine rings is 1. The standard InChI is InChI=1S/C14H20N6O2/c1-9(2)6-11-17-13(22-19-11)10-4-3-5-20(7-10)14(21)12-15-8-16-18-12/h8-10H,3-7H2,1-2H3,(H,15,16,18)/t10-/m0/s1. The minimum Gasteiger partial charge on any atom is -0.339 e. The van der Waals surface area contributed by atoms with Gasteiger partial charge in [-0.1, -0.05) is 19.0 Å². The van der Waals surface area contributed by atoms with Crippen LogP contribution in [-0.2, 0) is 6.42 Å². The van der Waals surface area contributed by atoms with Gasteiger partial charge in [0.05, 0.1) is 5.92 Å². The highest BCUT2D eigenvalue weighted by Crippen LogP contribution is 2.26. The molecule has 0 radical (unpaired) electrons. The molecule has 8 heteroatoms. The van der Waals surface area contributed by atoms with Crippen molar-refractivity contribution in [3.8, 4) is 0 Å². The number of amides is 1. The first-order valence-electron chi connectivity index (χ1n) is 7.60. The van der Waals surface area contributed by atoms with Crippen LogP contribution < -0.4 is 0 Å². The van der Waals surface area contributed by atoms with Crippen molar-refractivity contribution < 1.29 is 9.32 Å². The summed E-state index contributed by atoms with van der Waals surface area (Å²) in [7, 11) is 0. The van der Waals surface area contributed by atoms with Crippen LogP contribution in [0.25, 0.3) is 0 Å². The van der Waals surface area contributed by atoms with Crippen LogP contribution in [0.5, 0.6) is 0 Å². The van der Waals surface area contributed by atoms with Crippen LogP contribution in [0.3, 0.4) is 0 Å². The zero-order chi connectivity index (χ0) is 15.5. The molecule has 1 fully saturated rings. The monoisotopic (exact) mass is 304 g/mol. The van der Waals surface area contributed by atoms with Crippen LogP contribution in [0.1, 0.15) is 54.9 Å². The number of H-pyrrole nitrogens is 1. The molecule has 1 aliphatic rings. The van der Waals surface area contributed by atoms with E-state index in [4.69, 9.17) is 4.52 Å². The molecule has 0 saturated carbocycles. The smallest absolute Gasteiger partial charge is 0.291 e. The van der Waals surface area contributed by atoms with Gasteiger partial charge in [0.15, 0.2) is 5.82 Å². The van der Waals surface area contributed by atoms with Crippen molar-refractivity contribution in [3.05, 3.63) is 23.9 Å². The van der Waals surface area contributed by atoms with Crippen molar-refractivity contribution in [1.82, 2.24) is 30.2 Å². The summed E-state index contributed by atoms with van der Waals surface area (Å²) in [6.07, 6.45) is 4.00. The summed E-state index contributed by atoms with van der Waals surface area (Å²) in [5.74, 6) is 2.08. The van der Waals surface area contributed by atoms with E-state index in [1.165, 1.54) is 6.33 Å². The molecule has 1 atom stereocenters. The summed E-state index contributed by atoms with van der Waals surface area (Å²) in [5, 5.41) is 10.4. The fourth-order valence-corrected chi connectivity index (χ4v) is 2.70. The number of hydrogen-bond donors (Lipinski definition) is 1. The molecule has 3 heterocycles. The normalized spacial score (nSPS) is 18.9. The average Bonchev–Trinajstić information content (AvgIpc) is 3.17. The summed E-state index contributed by atoms with van der Waals surface area (Å²) in [5.41, 5.74) is 0. The zero-order valence-electron chi connectivity index (χ0n) is 12.8. The molecule has 0 spiro atoms. The molecule has 1 amide bonds. The van der Waals surface area contributed by atoms with E-state index >= 15 is 0 Å². The third-order valence-electron chi connectivity index (χ3n) is 3.75. The van der Waals surface area contributed by atoms with Gasteiger partial charge in [0.1, 0.15) is 6.33 Å². The van der Waals surface area contributed by atoms with Crippen molar-refractivity contribution in [2.45, 2.75) is 39.0 Å². The average molecular weight is 304 g/mol. The van der Waals surface area contributed by atoms with Crippen molar-refractivity contribution in [1.29, 1.82) is 0 Å². The number of aromatic amines is 1. The SMILES string of the molecule is CC(C)Cc1noc([C@H]2CCCN(C(=O)c3ncn[nH]3)C2)n1. The second-order valence-electron chi connectivity index (χ2n) is 6.07. The Balaban J connectivity index is 1.67.